The molecule has 0 aliphatic carbocycles. The first kappa shape index (κ1) is 20.1. The Morgan fingerprint density at radius 2 is 1.78 bits per heavy atom. The summed E-state index contributed by atoms with van der Waals surface area (Å²) in [6.45, 7) is 6.25. The summed E-state index contributed by atoms with van der Waals surface area (Å²) in [7, 11) is 1.86. The van der Waals surface area contributed by atoms with Crippen LogP contribution in [0.25, 0.3) is 0 Å². The number of likely N-dealkylation sites (N-methyl/N-ethyl adjacent to an activating group) is 1. The molecule has 3 aliphatic rings. The Balaban J connectivity index is 0.00000210. The second-order valence-corrected chi connectivity index (χ2v) is 7.69. The van der Waals surface area contributed by atoms with Gasteiger partial charge in [-0.15, -0.1) is 12.4 Å². The fraction of sp³-hybridized carbons (Fsp3) is 0.600. The van der Waals surface area contributed by atoms with E-state index in [2.05, 4.69) is 16.3 Å². The first-order valence-corrected chi connectivity index (χ1v) is 9.70. The Morgan fingerprint density at radius 3 is 2.48 bits per heavy atom. The minimum Gasteiger partial charge on any atom is -0.343 e. The molecule has 27 heavy (non-hydrogen) atoms. The lowest BCUT2D eigenvalue weighted by Gasteiger charge is -2.38. The Hall–Kier alpha value is -1.63. The normalized spacial score (nSPS) is 21.9. The highest BCUT2D eigenvalue weighted by molar-refractivity contribution is 6.07. The number of anilines is 1. The predicted octanol–water partition coefficient (Wildman–Crippen LogP) is 1.24. The van der Waals surface area contributed by atoms with Crippen LogP contribution in [0.1, 0.15) is 24.8 Å². The SMILES string of the molecule is CN1C(=O)C2(CCN(C(=O)CCN3CCNCC3)CC2)c2ccccc21.Cl. The quantitative estimate of drug-likeness (QED) is 0.840. The molecule has 1 aromatic rings. The molecule has 4 rings (SSSR count). The van der Waals surface area contributed by atoms with Crippen LogP contribution in [-0.4, -0.2) is 74.5 Å². The van der Waals surface area contributed by atoms with E-state index in [9.17, 15) is 9.59 Å². The van der Waals surface area contributed by atoms with Crippen molar-refractivity contribution in [2.24, 2.45) is 0 Å². The smallest absolute Gasteiger partial charge is 0.237 e. The summed E-state index contributed by atoms with van der Waals surface area (Å²) in [6.07, 6.45) is 2.04. The van der Waals surface area contributed by atoms with Gasteiger partial charge in [0.1, 0.15) is 0 Å². The van der Waals surface area contributed by atoms with Crippen LogP contribution in [0.3, 0.4) is 0 Å². The number of para-hydroxylation sites is 1. The first-order valence-electron chi connectivity index (χ1n) is 9.70. The Morgan fingerprint density at radius 1 is 1.11 bits per heavy atom. The average Bonchev–Trinajstić information content (AvgIpc) is 2.90. The van der Waals surface area contributed by atoms with Crippen LogP contribution in [0, 0.1) is 0 Å². The molecule has 7 heteroatoms. The Labute approximate surface area is 167 Å². The number of rotatable bonds is 3. The zero-order chi connectivity index (χ0) is 18.1. The van der Waals surface area contributed by atoms with Crippen molar-refractivity contribution in [3.05, 3.63) is 29.8 Å². The zero-order valence-corrected chi connectivity index (χ0v) is 16.8. The van der Waals surface area contributed by atoms with Gasteiger partial charge in [-0.1, -0.05) is 18.2 Å². The highest BCUT2D eigenvalue weighted by atomic mass is 35.5. The third-order valence-electron chi connectivity index (χ3n) is 6.32. The van der Waals surface area contributed by atoms with E-state index in [0.717, 1.165) is 56.8 Å². The lowest BCUT2D eigenvalue weighted by Crippen LogP contribution is -2.50. The zero-order valence-electron chi connectivity index (χ0n) is 15.9. The maximum absolute atomic E-state index is 13.0. The largest absolute Gasteiger partial charge is 0.343 e. The van der Waals surface area contributed by atoms with Gasteiger partial charge in [0.15, 0.2) is 0 Å². The van der Waals surface area contributed by atoms with Crippen molar-refractivity contribution < 1.29 is 9.59 Å². The van der Waals surface area contributed by atoms with E-state index in [1.807, 2.05) is 30.1 Å². The van der Waals surface area contributed by atoms with E-state index in [1.165, 1.54) is 0 Å². The minimum absolute atomic E-state index is 0. The van der Waals surface area contributed by atoms with E-state index in [-0.39, 0.29) is 24.2 Å². The summed E-state index contributed by atoms with van der Waals surface area (Å²) in [4.78, 5) is 31.7. The topological polar surface area (TPSA) is 55.9 Å². The van der Waals surface area contributed by atoms with Crippen molar-refractivity contribution in [3.63, 3.8) is 0 Å². The molecule has 1 N–H and O–H groups in total. The molecular weight excluding hydrogens is 364 g/mol. The molecule has 0 bridgehead atoms. The Kier molecular flexibility index (Phi) is 6.08. The summed E-state index contributed by atoms with van der Waals surface area (Å²) < 4.78 is 0. The van der Waals surface area contributed by atoms with Crippen LogP contribution in [0.4, 0.5) is 5.69 Å². The molecule has 2 saturated heterocycles. The van der Waals surface area contributed by atoms with Crippen LogP contribution in [0.5, 0.6) is 0 Å². The standard InChI is InChI=1S/C20H28N4O2.ClH/c1-22-17-5-3-2-4-16(17)20(19(22)26)7-12-24(13-8-20)18(25)6-11-23-14-9-21-10-15-23;/h2-5,21H,6-15H2,1H3;1H. The molecule has 0 unspecified atom stereocenters. The van der Waals surface area contributed by atoms with Gasteiger partial charge >= 0.3 is 0 Å². The van der Waals surface area contributed by atoms with Crippen LogP contribution in [-0.2, 0) is 15.0 Å². The van der Waals surface area contributed by atoms with Crippen molar-refractivity contribution in [1.29, 1.82) is 0 Å². The van der Waals surface area contributed by atoms with Gasteiger partial charge in [-0.05, 0) is 24.5 Å². The number of piperazine rings is 1. The molecule has 0 aromatic heterocycles. The van der Waals surface area contributed by atoms with E-state index in [0.29, 0.717) is 19.5 Å². The summed E-state index contributed by atoms with van der Waals surface area (Å²) in [5, 5.41) is 3.34. The maximum Gasteiger partial charge on any atom is 0.237 e. The average molecular weight is 393 g/mol. The number of fused-ring (bicyclic) bond motifs is 2. The first-order chi connectivity index (χ1) is 12.6. The minimum atomic E-state index is -0.430. The number of halogens is 1. The number of amides is 2. The monoisotopic (exact) mass is 392 g/mol. The van der Waals surface area contributed by atoms with Gasteiger partial charge in [0.25, 0.3) is 0 Å². The van der Waals surface area contributed by atoms with Crippen LogP contribution in [0.2, 0.25) is 0 Å². The highest BCUT2D eigenvalue weighted by Gasteiger charge is 2.51. The molecule has 6 nitrogen and oxygen atoms in total. The number of carbonyl (C=O) groups is 2. The molecule has 2 fully saturated rings. The van der Waals surface area contributed by atoms with Crippen molar-refractivity contribution in [2.45, 2.75) is 24.7 Å². The molecule has 1 spiro atoms. The summed E-state index contributed by atoms with van der Waals surface area (Å²) in [5.74, 6) is 0.414. The van der Waals surface area contributed by atoms with Gasteiger partial charge in [-0.3, -0.25) is 9.59 Å². The number of hydrogen-bond donors (Lipinski definition) is 1. The van der Waals surface area contributed by atoms with Crippen molar-refractivity contribution >= 4 is 29.9 Å². The lowest BCUT2D eigenvalue weighted by atomic mass is 9.73. The summed E-state index contributed by atoms with van der Waals surface area (Å²) in [6, 6.07) is 8.10. The molecule has 1 aromatic carbocycles. The molecule has 3 aliphatic heterocycles. The number of likely N-dealkylation sites (tertiary alicyclic amines) is 1. The molecule has 2 amide bonds. The van der Waals surface area contributed by atoms with Crippen molar-refractivity contribution in [3.8, 4) is 0 Å². The number of nitrogens with one attached hydrogen (secondary N) is 1. The molecule has 148 valence electrons. The van der Waals surface area contributed by atoms with Crippen LogP contribution in [0.15, 0.2) is 24.3 Å². The molecular formula is C20H29ClN4O2. The third-order valence-corrected chi connectivity index (χ3v) is 6.32. The van der Waals surface area contributed by atoms with Gasteiger partial charge in [0.05, 0.1) is 5.41 Å². The number of hydrogen-bond acceptors (Lipinski definition) is 4. The number of piperidine rings is 1. The molecule has 0 radical (unpaired) electrons. The van der Waals surface area contributed by atoms with Gasteiger partial charge in [0.2, 0.25) is 11.8 Å². The van der Waals surface area contributed by atoms with Crippen molar-refractivity contribution in [2.75, 3.05) is 57.8 Å². The predicted molar refractivity (Wildman–Crippen MR) is 109 cm³/mol. The van der Waals surface area contributed by atoms with Crippen LogP contribution < -0.4 is 10.2 Å². The van der Waals surface area contributed by atoms with Gasteiger partial charge < -0.3 is 20.0 Å². The number of benzene rings is 1. The molecule has 3 heterocycles. The van der Waals surface area contributed by atoms with E-state index < -0.39 is 5.41 Å². The van der Waals surface area contributed by atoms with E-state index in [1.54, 1.807) is 4.90 Å². The van der Waals surface area contributed by atoms with Crippen molar-refractivity contribution in [1.82, 2.24) is 15.1 Å². The van der Waals surface area contributed by atoms with E-state index in [4.69, 9.17) is 0 Å². The third kappa shape index (κ3) is 3.58. The summed E-state index contributed by atoms with van der Waals surface area (Å²) >= 11 is 0. The molecule has 0 atom stereocenters. The van der Waals surface area contributed by atoms with Gasteiger partial charge in [0, 0.05) is 65.0 Å². The van der Waals surface area contributed by atoms with E-state index >= 15 is 0 Å². The Bertz CT molecular complexity index is 697. The summed E-state index contributed by atoms with van der Waals surface area (Å²) in [5.41, 5.74) is 1.73. The number of carbonyl (C=O) groups excluding carboxylic acids is 2. The fourth-order valence-corrected chi connectivity index (χ4v) is 4.68. The molecule has 0 saturated carbocycles. The lowest BCUT2D eigenvalue weighted by molar-refractivity contribution is -0.135. The highest BCUT2D eigenvalue weighted by Crippen LogP contribution is 2.47. The number of nitrogens with zero attached hydrogens (tertiary/aromatic N) is 3. The van der Waals surface area contributed by atoms with Gasteiger partial charge in [-0.2, -0.15) is 0 Å². The van der Waals surface area contributed by atoms with Gasteiger partial charge in [-0.25, -0.2) is 0 Å². The maximum atomic E-state index is 13.0. The fourth-order valence-electron chi connectivity index (χ4n) is 4.68. The second-order valence-electron chi connectivity index (χ2n) is 7.69. The second kappa shape index (κ2) is 8.17. The van der Waals surface area contributed by atoms with Crippen LogP contribution >= 0.6 is 12.4 Å².